The monoisotopic (exact) mass is 384 g/mol. The van der Waals surface area contributed by atoms with Crippen molar-refractivity contribution in [2.24, 2.45) is 0 Å². The Kier molecular flexibility index (Phi) is 4.69. The second-order valence-electron chi connectivity index (χ2n) is 4.19. The lowest BCUT2D eigenvalue weighted by atomic mass is 10.3. The largest absolute Gasteiger partial charge is 0.501 e. The molecule has 0 amide bonds. The Morgan fingerprint density at radius 1 is 1.35 bits per heavy atom. The van der Waals surface area contributed by atoms with Gasteiger partial charge < -0.3 is 0 Å². The normalized spacial score (nSPS) is 12.3. The molecule has 0 aliphatic rings. The topological polar surface area (TPSA) is 90.2 Å². The van der Waals surface area contributed by atoms with Crippen molar-refractivity contribution < 1.29 is 26.5 Å². The van der Waals surface area contributed by atoms with E-state index in [1.807, 2.05) is 0 Å². The van der Waals surface area contributed by atoms with Gasteiger partial charge in [0.25, 0.3) is 15.5 Å². The van der Waals surface area contributed by atoms with Gasteiger partial charge in [-0.1, -0.05) is 11.8 Å². The molecule has 0 unspecified atom stereocenters. The standard InChI is InChI=1S/C11H7F3N2O4S3/c1-6-5-21-10(15-6)22-9-3-2-7(4-8(9)16(17)18)23(19,20)11(12,13)14/h2-5H,1H3. The van der Waals surface area contributed by atoms with Crippen LogP contribution in [0.15, 0.2) is 37.7 Å². The minimum atomic E-state index is -5.64. The highest BCUT2D eigenvalue weighted by molar-refractivity contribution is 8.01. The molecule has 0 saturated carbocycles. The number of benzene rings is 1. The van der Waals surface area contributed by atoms with Crippen LogP contribution in [-0.4, -0.2) is 23.8 Å². The number of thiazole rings is 1. The van der Waals surface area contributed by atoms with Crippen molar-refractivity contribution in [1.82, 2.24) is 4.98 Å². The molecule has 0 aliphatic heterocycles. The summed E-state index contributed by atoms with van der Waals surface area (Å²) in [4.78, 5) is 13.0. The van der Waals surface area contributed by atoms with Gasteiger partial charge in [0.1, 0.15) is 0 Å². The van der Waals surface area contributed by atoms with E-state index in [-0.39, 0.29) is 4.90 Å². The number of alkyl halides is 3. The third-order valence-electron chi connectivity index (χ3n) is 2.54. The molecule has 23 heavy (non-hydrogen) atoms. The zero-order valence-corrected chi connectivity index (χ0v) is 13.6. The minimum absolute atomic E-state index is 0.00507. The molecule has 0 atom stereocenters. The van der Waals surface area contributed by atoms with Gasteiger partial charge in [-0.2, -0.15) is 13.2 Å². The molecule has 2 rings (SSSR count). The third kappa shape index (κ3) is 3.64. The van der Waals surface area contributed by atoms with Crippen LogP contribution < -0.4 is 0 Å². The average Bonchev–Trinajstić information content (AvgIpc) is 2.82. The lowest BCUT2D eigenvalue weighted by Gasteiger charge is -2.09. The van der Waals surface area contributed by atoms with E-state index in [0.29, 0.717) is 22.2 Å². The summed E-state index contributed by atoms with van der Waals surface area (Å²) < 4.78 is 60.7. The van der Waals surface area contributed by atoms with Crippen molar-refractivity contribution >= 4 is 38.6 Å². The van der Waals surface area contributed by atoms with E-state index in [2.05, 4.69) is 4.98 Å². The molecule has 0 aliphatic carbocycles. The number of hydrogen-bond acceptors (Lipinski definition) is 7. The first-order chi connectivity index (χ1) is 10.5. The predicted molar refractivity (Wildman–Crippen MR) is 77.3 cm³/mol. The summed E-state index contributed by atoms with van der Waals surface area (Å²) >= 11 is 2.09. The molecule has 12 heteroatoms. The van der Waals surface area contributed by atoms with Crippen LogP contribution in [0.3, 0.4) is 0 Å². The summed E-state index contributed by atoms with van der Waals surface area (Å²) in [5.74, 6) is 0. The maximum Gasteiger partial charge on any atom is 0.501 e. The number of sulfone groups is 1. The zero-order chi connectivity index (χ0) is 17.4. The van der Waals surface area contributed by atoms with Crippen LogP contribution in [0.2, 0.25) is 0 Å². The first-order valence-electron chi connectivity index (χ1n) is 5.72. The molecule has 0 saturated heterocycles. The second kappa shape index (κ2) is 6.09. The number of aromatic nitrogens is 1. The Bertz CT molecular complexity index is 862. The van der Waals surface area contributed by atoms with Gasteiger partial charge >= 0.3 is 5.51 Å². The maximum atomic E-state index is 12.5. The highest BCUT2D eigenvalue weighted by Crippen LogP contribution is 2.39. The van der Waals surface area contributed by atoms with Crippen molar-refractivity contribution in [1.29, 1.82) is 0 Å². The highest BCUT2D eigenvalue weighted by Gasteiger charge is 2.47. The lowest BCUT2D eigenvalue weighted by Crippen LogP contribution is -2.23. The van der Waals surface area contributed by atoms with Gasteiger partial charge in [0.2, 0.25) is 0 Å². The van der Waals surface area contributed by atoms with Crippen molar-refractivity contribution in [3.8, 4) is 0 Å². The van der Waals surface area contributed by atoms with E-state index in [1.54, 1.807) is 12.3 Å². The number of rotatable bonds is 4. The fraction of sp³-hybridized carbons (Fsp3) is 0.182. The van der Waals surface area contributed by atoms with Crippen LogP contribution in [0.4, 0.5) is 18.9 Å². The molecule has 0 bridgehead atoms. The van der Waals surface area contributed by atoms with Crippen molar-refractivity contribution in [3.05, 3.63) is 39.4 Å². The molecule has 1 aromatic heterocycles. The fourth-order valence-corrected chi connectivity index (χ4v) is 4.16. The molecule has 0 fully saturated rings. The highest BCUT2D eigenvalue weighted by atomic mass is 32.2. The third-order valence-corrected chi connectivity index (χ3v) is 6.14. The first-order valence-corrected chi connectivity index (χ1v) is 8.90. The smallest absolute Gasteiger partial charge is 0.258 e. The Labute approximate surface area is 136 Å². The molecule has 1 aromatic carbocycles. The summed E-state index contributed by atoms with van der Waals surface area (Å²) in [6.07, 6.45) is 0. The maximum absolute atomic E-state index is 12.5. The minimum Gasteiger partial charge on any atom is -0.258 e. The summed E-state index contributed by atoms with van der Waals surface area (Å²) in [7, 11) is -5.64. The van der Waals surface area contributed by atoms with Gasteiger partial charge in [0.05, 0.1) is 14.7 Å². The van der Waals surface area contributed by atoms with E-state index in [4.69, 9.17) is 0 Å². The number of aryl methyl sites for hydroxylation is 1. The molecular weight excluding hydrogens is 377 g/mol. The van der Waals surface area contributed by atoms with Gasteiger partial charge in [-0.05, 0) is 19.1 Å². The number of hydrogen-bond donors (Lipinski definition) is 0. The molecule has 0 radical (unpaired) electrons. The van der Waals surface area contributed by atoms with E-state index < -0.39 is 30.9 Å². The van der Waals surface area contributed by atoms with E-state index in [9.17, 15) is 31.7 Å². The second-order valence-corrected chi connectivity index (χ2v) is 8.28. The number of nitro groups is 1. The van der Waals surface area contributed by atoms with E-state index in [1.165, 1.54) is 11.3 Å². The molecule has 124 valence electrons. The van der Waals surface area contributed by atoms with E-state index >= 15 is 0 Å². The SMILES string of the molecule is Cc1csc(Sc2ccc(S(=O)(=O)C(F)(F)F)cc2[N+](=O)[O-])n1. The fourth-order valence-electron chi connectivity index (χ4n) is 1.50. The zero-order valence-electron chi connectivity index (χ0n) is 11.2. The number of halogens is 3. The molecule has 1 heterocycles. The Balaban J connectivity index is 2.49. The van der Waals surface area contributed by atoms with E-state index in [0.717, 1.165) is 17.8 Å². The molecular formula is C11H7F3N2O4S3. The molecule has 0 N–H and O–H groups in total. The van der Waals surface area contributed by atoms with Gasteiger partial charge in [0, 0.05) is 17.1 Å². The lowest BCUT2D eigenvalue weighted by molar-refractivity contribution is -0.388. The van der Waals surface area contributed by atoms with Crippen molar-refractivity contribution in [2.45, 2.75) is 26.6 Å². The van der Waals surface area contributed by atoms with Crippen LogP contribution in [0, 0.1) is 17.0 Å². The number of nitro benzene ring substituents is 1. The van der Waals surface area contributed by atoms with Gasteiger partial charge in [-0.25, -0.2) is 13.4 Å². The van der Waals surface area contributed by atoms with Gasteiger partial charge in [-0.15, -0.1) is 11.3 Å². The van der Waals surface area contributed by atoms with Crippen LogP contribution in [0.25, 0.3) is 0 Å². The molecule has 0 spiro atoms. The van der Waals surface area contributed by atoms with Crippen molar-refractivity contribution in [3.63, 3.8) is 0 Å². The van der Waals surface area contributed by atoms with Crippen LogP contribution in [0.5, 0.6) is 0 Å². The van der Waals surface area contributed by atoms with Crippen LogP contribution in [-0.2, 0) is 9.84 Å². The van der Waals surface area contributed by atoms with Crippen LogP contribution >= 0.6 is 23.1 Å². The Morgan fingerprint density at radius 3 is 2.48 bits per heavy atom. The predicted octanol–water partition coefficient (Wildman–Crippen LogP) is 3.80. The van der Waals surface area contributed by atoms with Gasteiger partial charge in [-0.3, -0.25) is 10.1 Å². The first kappa shape index (κ1) is 17.7. The summed E-state index contributed by atoms with van der Waals surface area (Å²) in [6.45, 7) is 1.72. The Hall–Kier alpha value is -1.66. The average molecular weight is 384 g/mol. The quantitative estimate of drug-likeness (QED) is 0.588. The molecule has 2 aromatic rings. The van der Waals surface area contributed by atoms with Crippen LogP contribution in [0.1, 0.15) is 5.69 Å². The molecule has 6 nitrogen and oxygen atoms in total. The van der Waals surface area contributed by atoms with Gasteiger partial charge in [0.15, 0.2) is 4.34 Å². The Morgan fingerprint density at radius 2 is 2.00 bits per heavy atom. The summed E-state index contributed by atoms with van der Waals surface area (Å²) in [5, 5.41) is 12.8. The number of nitrogens with zero attached hydrogens (tertiary/aromatic N) is 2. The summed E-state index contributed by atoms with van der Waals surface area (Å²) in [5.41, 5.74) is -5.56. The summed E-state index contributed by atoms with van der Waals surface area (Å²) in [6, 6.07) is 2.07. The van der Waals surface area contributed by atoms with Crippen molar-refractivity contribution in [2.75, 3.05) is 0 Å².